The van der Waals surface area contributed by atoms with Gasteiger partial charge in [-0.1, -0.05) is 48.5 Å². The second-order valence-electron chi connectivity index (χ2n) is 5.04. The summed E-state index contributed by atoms with van der Waals surface area (Å²) in [5.74, 6) is -1.00. The van der Waals surface area contributed by atoms with E-state index in [1.165, 1.54) is 18.2 Å². The van der Waals surface area contributed by atoms with E-state index in [0.29, 0.717) is 6.42 Å². The summed E-state index contributed by atoms with van der Waals surface area (Å²) in [6.07, 6.45) is -0.485. The second kappa shape index (κ2) is 7.49. The van der Waals surface area contributed by atoms with Crippen molar-refractivity contribution in [2.24, 2.45) is 0 Å². The molecule has 4 nitrogen and oxygen atoms in total. The molecule has 2 aromatic rings. The maximum absolute atomic E-state index is 13.5. The molecule has 1 unspecified atom stereocenters. The zero-order valence-electron chi connectivity index (χ0n) is 11.9. The number of hydrogen-bond donors (Lipinski definition) is 2. The van der Waals surface area contributed by atoms with Crippen LogP contribution in [0.25, 0.3) is 0 Å². The summed E-state index contributed by atoms with van der Waals surface area (Å²) in [4.78, 5) is 0. The Morgan fingerprint density at radius 3 is 2.36 bits per heavy atom. The highest BCUT2D eigenvalue weighted by Gasteiger charge is 2.16. The molecule has 0 amide bonds. The van der Waals surface area contributed by atoms with Crippen LogP contribution >= 0.6 is 0 Å². The van der Waals surface area contributed by atoms with E-state index >= 15 is 0 Å². The minimum absolute atomic E-state index is 0.104. The van der Waals surface area contributed by atoms with Gasteiger partial charge in [0, 0.05) is 12.1 Å². The predicted molar refractivity (Wildman–Crippen MR) is 83.2 cm³/mol. The highest BCUT2D eigenvalue weighted by Crippen LogP contribution is 2.10. The van der Waals surface area contributed by atoms with Gasteiger partial charge in [-0.2, -0.15) is 0 Å². The van der Waals surface area contributed by atoms with E-state index in [-0.39, 0.29) is 12.1 Å². The van der Waals surface area contributed by atoms with Crippen molar-refractivity contribution in [3.63, 3.8) is 0 Å². The molecule has 0 saturated heterocycles. The van der Waals surface area contributed by atoms with Crippen LogP contribution in [0, 0.1) is 5.82 Å². The van der Waals surface area contributed by atoms with E-state index in [1.54, 1.807) is 6.07 Å². The summed E-state index contributed by atoms with van der Waals surface area (Å²) >= 11 is 0. The van der Waals surface area contributed by atoms with Crippen LogP contribution in [0.2, 0.25) is 0 Å². The van der Waals surface area contributed by atoms with Gasteiger partial charge in [-0.25, -0.2) is 17.5 Å². The minimum Gasteiger partial charge on any atom is -0.391 e. The third-order valence-electron chi connectivity index (χ3n) is 3.16. The van der Waals surface area contributed by atoms with Crippen LogP contribution in [0.15, 0.2) is 54.6 Å². The molecule has 118 valence electrons. The number of rotatable bonds is 7. The van der Waals surface area contributed by atoms with Crippen LogP contribution in [-0.2, 0) is 22.2 Å². The van der Waals surface area contributed by atoms with Crippen molar-refractivity contribution in [1.82, 2.24) is 4.72 Å². The monoisotopic (exact) mass is 323 g/mol. The number of aliphatic hydroxyl groups excluding tert-OH is 1. The summed E-state index contributed by atoms with van der Waals surface area (Å²) in [5, 5.41) is 9.89. The van der Waals surface area contributed by atoms with E-state index in [2.05, 4.69) is 4.72 Å². The normalized spacial score (nSPS) is 13.0. The van der Waals surface area contributed by atoms with Gasteiger partial charge in [0.2, 0.25) is 10.0 Å². The summed E-state index contributed by atoms with van der Waals surface area (Å²) in [6, 6.07) is 15.0. The molecule has 2 N–H and O–H groups in total. The lowest BCUT2D eigenvalue weighted by Gasteiger charge is -2.12. The van der Waals surface area contributed by atoms with E-state index in [4.69, 9.17) is 0 Å². The Bertz CT molecular complexity index is 704. The van der Waals surface area contributed by atoms with Gasteiger partial charge in [-0.05, 0) is 18.1 Å². The fourth-order valence-corrected chi connectivity index (χ4v) is 3.24. The molecule has 0 spiro atoms. The van der Waals surface area contributed by atoms with E-state index in [9.17, 15) is 17.9 Å². The molecule has 0 aliphatic heterocycles. The van der Waals surface area contributed by atoms with Crippen LogP contribution in [0.3, 0.4) is 0 Å². The number of halogens is 1. The Hall–Kier alpha value is -1.76. The lowest BCUT2D eigenvalue weighted by atomic mass is 10.1. The highest BCUT2D eigenvalue weighted by atomic mass is 32.2. The number of hydrogen-bond acceptors (Lipinski definition) is 3. The Balaban J connectivity index is 1.88. The predicted octanol–water partition coefficient (Wildman–Crippen LogP) is 1.85. The van der Waals surface area contributed by atoms with Gasteiger partial charge in [-0.3, -0.25) is 0 Å². The highest BCUT2D eigenvalue weighted by molar-refractivity contribution is 7.88. The fourth-order valence-electron chi connectivity index (χ4n) is 2.05. The number of benzene rings is 2. The molecule has 0 aliphatic carbocycles. The molecule has 6 heteroatoms. The molecule has 0 bridgehead atoms. The molecule has 22 heavy (non-hydrogen) atoms. The van der Waals surface area contributed by atoms with Crippen molar-refractivity contribution in [3.8, 4) is 0 Å². The van der Waals surface area contributed by atoms with Crippen LogP contribution in [0.4, 0.5) is 4.39 Å². The molecule has 2 aromatic carbocycles. The van der Waals surface area contributed by atoms with Gasteiger partial charge in [0.05, 0.1) is 11.9 Å². The van der Waals surface area contributed by atoms with Crippen molar-refractivity contribution in [2.75, 3.05) is 6.54 Å². The lowest BCUT2D eigenvalue weighted by molar-refractivity contribution is 0.179. The van der Waals surface area contributed by atoms with Gasteiger partial charge in [0.25, 0.3) is 0 Å². The quantitative estimate of drug-likeness (QED) is 0.817. The fraction of sp³-hybridized carbons (Fsp3) is 0.250. The molecular formula is C16H18FNO3S. The maximum atomic E-state index is 13.5. The molecule has 0 aliphatic rings. The molecule has 0 saturated carbocycles. The first-order valence-electron chi connectivity index (χ1n) is 6.89. The number of aliphatic hydroxyl groups is 1. The van der Waals surface area contributed by atoms with E-state index < -0.39 is 27.7 Å². The summed E-state index contributed by atoms with van der Waals surface area (Å²) in [6.45, 7) is -0.105. The molecule has 2 rings (SSSR count). The van der Waals surface area contributed by atoms with E-state index in [0.717, 1.165) is 5.56 Å². The van der Waals surface area contributed by atoms with Crippen molar-refractivity contribution in [2.45, 2.75) is 18.3 Å². The third-order valence-corrected chi connectivity index (χ3v) is 4.45. The molecule has 0 heterocycles. The average Bonchev–Trinajstić information content (AvgIpc) is 2.49. The smallest absolute Gasteiger partial charge is 0.215 e. The van der Waals surface area contributed by atoms with Crippen molar-refractivity contribution in [3.05, 3.63) is 71.5 Å². The standard InChI is InChI=1S/C16H18FNO3S/c17-16-9-5-4-8-14(16)12-22(20,21)18-11-15(19)10-13-6-2-1-3-7-13/h1-9,15,18-19H,10-12H2. The summed E-state index contributed by atoms with van der Waals surface area (Å²) < 4.78 is 39.6. The molecule has 0 fully saturated rings. The first kappa shape index (κ1) is 16.6. The number of nitrogens with one attached hydrogen (secondary N) is 1. The van der Waals surface area contributed by atoms with Gasteiger partial charge >= 0.3 is 0 Å². The van der Waals surface area contributed by atoms with Crippen LogP contribution < -0.4 is 4.72 Å². The molecule has 0 aromatic heterocycles. The zero-order chi connectivity index (χ0) is 16.0. The minimum atomic E-state index is -3.69. The summed E-state index contributed by atoms with van der Waals surface area (Å²) in [5.41, 5.74) is 1.02. The first-order valence-corrected chi connectivity index (χ1v) is 8.54. The largest absolute Gasteiger partial charge is 0.391 e. The van der Waals surface area contributed by atoms with E-state index in [1.807, 2.05) is 30.3 Å². The van der Waals surface area contributed by atoms with Crippen LogP contribution in [0.1, 0.15) is 11.1 Å². The van der Waals surface area contributed by atoms with Crippen molar-refractivity contribution >= 4 is 10.0 Å². The van der Waals surface area contributed by atoms with Gasteiger partial charge in [0.1, 0.15) is 5.82 Å². The average molecular weight is 323 g/mol. The topological polar surface area (TPSA) is 66.4 Å². The van der Waals surface area contributed by atoms with Gasteiger partial charge in [-0.15, -0.1) is 0 Å². The van der Waals surface area contributed by atoms with Crippen LogP contribution in [0.5, 0.6) is 0 Å². The van der Waals surface area contributed by atoms with Gasteiger partial charge < -0.3 is 5.11 Å². The number of sulfonamides is 1. The Morgan fingerprint density at radius 1 is 1.05 bits per heavy atom. The molecule has 1 atom stereocenters. The van der Waals surface area contributed by atoms with Crippen molar-refractivity contribution in [1.29, 1.82) is 0 Å². The SMILES string of the molecule is O=S(=O)(Cc1ccccc1F)NCC(O)Cc1ccccc1. The lowest BCUT2D eigenvalue weighted by Crippen LogP contribution is -2.34. The Morgan fingerprint density at radius 2 is 1.68 bits per heavy atom. The second-order valence-corrected chi connectivity index (χ2v) is 6.85. The molecular weight excluding hydrogens is 305 g/mol. The molecule has 0 radical (unpaired) electrons. The van der Waals surface area contributed by atoms with Crippen LogP contribution in [-0.4, -0.2) is 26.2 Å². The Kier molecular flexibility index (Phi) is 5.65. The van der Waals surface area contributed by atoms with Crippen molar-refractivity contribution < 1.29 is 17.9 Å². The van der Waals surface area contributed by atoms with Gasteiger partial charge in [0.15, 0.2) is 0 Å². The Labute approximate surface area is 129 Å². The maximum Gasteiger partial charge on any atom is 0.215 e. The third kappa shape index (κ3) is 5.22. The first-order chi connectivity index (χ1) is 10.5. The zero-order valence-corrected chi connectivity index (χ0v) is 12.8. The summed E-state index contributed by atoms with van der Waals surface area (Å²) in [7, 11) is -3.69.